The fraction of sp³-hybridized carbons (Fsp3) is 0.467. The summed E-state index contributed by atoms with van der Waals surface area (Å²) >= 11 is 0. The molecule has 1 aromatic rings. The van der Waals surface area contributed by atoms with Gasteiger partial charge in [0.2, 0.25) is 0 Å². The molecule has 124 valence electrons. The third-order valence-electron chi connectivity index (χ3n) is 2.27. The maximum atomic E-state index is 9.10. The first-order valence-corrected chi connectivity index (χ1v) is 6.64. The predicted molar refractivity (Wildman–Crippen MR) is 81.5 cm³/mol. The number of methoxy groups -OCH3 is 1. The van der Waals surface area contributed by atoms with Crippen LogP contribution in [0.2, 0.25) is 0 Å². The highest BCUT2D eigenvalue weighted by Gasteiger charge is 2.08. The molecule has 0 radical (unpaired) electrons. The Balaban J connectivity index is 0.000000626. The Bertz CT molecular complexity index is 469. The molecule has 0 saturated carbocycles. The lowest BCUT2D eigenvalue weighted by Gasteiger charge is -2.20. The molecule has 0 atom stereocenters. The highest BCUT2D eigenvalue weighted by atomic mass is 16.5. The molecule has 7 heteroatoms. The Morgan fingerprint density at radius 1 is 1.09 bits per heavy atom. The number of nitrogens with one attached hydrogen (secondary N) is 1. The van der Waals surface area contributed by atoms with Gasteiger partial charge in [-0.1, -0.05) is 12.1 Å². The van der Waals surface area contributed by atoms with E-state index in [-0.39, 0.29) is 5.54 Å². The van der Waals surface area contributed by atoms with Crippen molar-refractivity contribution in [2.75, 3.05) is 20.3 Å². The van der Waals surface area contributed by atoms with E-state index in [0.29, 0.717) is 6.61 Å². The van der Waals surface area contributed by atoms with Gasteiger partial charge in [-0.25, -0.2) is 9.59 Å². The summed E-state index contributed by atoms with van der Waals surface area (Å²) in [6.45, 7) is 7.86. The highest BCUT2D eigenvalue weighted by molar-refractivity contribution is 6.27. The molecule has 0 unspecified atom stereocenters. The molecule has 22 heavy (non-hydrogen) atoms. The van der Waals surface area contributed by atoms with E-state index in [4.69, 9.17) is 29.3 Å². The molecule has 0 fully saturated rings. The van der Waals surface area contributed by atoms with Gasteiger partial charge in [0.15, 0.2) is 11.5 Å². The molecule has 0 aliphatic carbocycles. The summed E-state index contributed by atoms with van der Waals surface area (Å²) in [6.07, 6.45) is 0. The van der Waals surface area contributed by atoms with E-state index in [9.17, 15) is 0 Å². The first-order chi connectivity index (χ1) is 10.2. The van der Waals surface area contributed by atoms with Gasteiger partial charge in [-0.05, 0) is 32.9 Å². The van der Waals surface area contributed by atoms with Crippen molar-refractivity contribution >= 4 is 11.9 Å². The lowest BCUT2D eigenvalue weighted by molar-refractivity contribution is -0.159. The van der Waals surface area contributed by atoms with Gasteiger partial charge >= 0.3 is 11.9 Å². The van der Waals surface area contributed by atoms with Crippen LogP contribution in [0.4, 0.5) is 0 Å². The largest absolute Gasteiger partial charge is 0.493 e. The summed E-state index contributed by atoms with van der Waals surface area (Å²) in [7, 11) is 1.65. The molecule has 3 N–H and O–H groups in total. The topological polar surface area (TPSA) is 105 Å². The van der Waals surface area contributed by atoms with Gasteiger partial charge in [-0.15, -0.1) is 0 Å². The molecule has 0 saturated heterocycles. The summed E-state index contributed by atoms with van der Waals surface area (Å²) in [5.41, 5.74) is 0.129. The van der Waals surface area contributed by atoms with Crippen molar-refractivity contribution in [3.05, 3.63) is 24.3 Å². The van der Waals surface area contributed by atoms with Gasteiger partial charge in [0.1, 0.15) is 6.61 Å². The van der Waals surface area contributed by atoms with Gasteiger partial charge in [0, 0.05) is 12.1 Å². The molecule has 0 aliphatic rings. The molecule has 0 bridgehead atoms. The molecular weight excluding hydrogens is 290 g/mol. The maximum absolute atomic E-state index is 9.10. The third-order valence-corrected chi connectivity index (χ3v) is 2.27. The van der Waals surface area contributed by atoms with E-state index < -0.39 is 11.9 Å². The normalized spacial score (nSPS) is 10.2. The van der Waals surface area contributed by atoms with Crippen molar-refractivity contribution in [2.45, 2.75) is 26.3 Å². The fourth-order valence-electron chi connectivity index (χ4n) is 1.33. The van der Waals surface area contributed by atoms with Gasteiger partial charge < -0.3 is 25.0 Å². The molecule has 0 spiro atoms. The number of carbonyl (C=O) groups is 2. The first kappa shape index (κ1) is 19.7. The number of benzene rings is 1. The van der Waals surface area contributed by atoms with E-state index in [1.54, 1.807) is 7.11 Å². The minimum absolute atomic E-state index is 0.129. The summed E-state index contributed by atoms with van der Waals surface area (Å²) in [5, 5.41) is 18.1. The standard InChI is InChI=1S/C13H21NO2.C2H2O4/c1-13(2,3)14-9-10-16-12-8-6-5-7-11(12)15-4;3-1(4)2(5)6/h5-8,14H,9-10H2,1-4H3;(H,3,4)(H,5,6). The van der Waals surface area contributed by atoms with Crippen molar-refractivity contribution in [1.82, 2.24) is 5.32 Å². The number of ether oxygens (including phenoxy) is 2. The minimum Gasteiger partial charge on any atom is -0.493 e. The lowest BCUT2D eigenvalue weighted by atomic mass is 10.1. The Hall–Kier alpha value is -2.28. The fourth-order valence-corrected chi connectivity index (χ4v) is 1.33. The second-order valence-electron chi connectivity index (χ2n) is 5.29. The van der Waals surface area contributed by atoms with Crippen molar-refractivity contribution in [2.24, 2.45) is 0 Å². The Kier molecular flexibility index (Phi) is 8.62. The molecule has 0 aromatic heterocycles. The van der Waals surface area contributed by atoms with E-state index in [1.165, 1.54) is 0 Å². The van der Waals surface area contributed by atoms with Crippen molar-refractivity contribution in [3.8, 4) is 11.5 Å². The van der Waals surface area contributed by atoms with Crippen LogP contribution in [-0.4, -0.2) is 48.0 Å². The molecule has 1 aromatic carbocycles. The van der Waals surface area contributed by atoms with Crippen molar-refractivity contribution in [1.29, 1.82) is 0 Å². The highest BCUT2D eigenvalue weighted by Crippen LogP contribution is 2.25. The van der Waals surface area contributed by atoms with Crippen LogP contribution in [0.25, 0.3) is 0 Å². The van der Waals surface area contributed by atoms with Gasteiger partial charge in [0.25, 0.3) is 0 Å². The van der Waals surface area contributed by atoms with Gasteiger partial charge in [0.05, 0.1) is 7.11 Å². The van der Waals surface area contributed by atoms with Crippen LogP contribution in [0.1, 0.15) is 20.8 Å². The van der Waals surface area contributed by atoms with Gasteiger partial charge in [-0.2, -0.15) is 0 Å². The summed E-state index contributed by atoms with van der Waals surface area (Å²) in [4.78, 5) is 18.2. The van der Waals surface area contributed by atoms with Crippen LogP contribution in [0, 0.1) is 0 Å². The Morgan fingerprint density at radius 2 is 1.59 bits per heavy atom. The zero-order chi connectivity index (χ0) is 17.2. The number of aliphatic carboxylic acids is 2. The Morgan fingerprint density at radius 3 is 2.00 bits per heavy atom. The van der Waals surface area contributed by atoms with E-state index >= 15 is 0 Å². The number of carboxylic acids is 2. The smallest absolute Gasteiger partial charge is 0.414 e. The van der Waals surface area contributed by atoms with Crippen LogP contribution < -0.4 is 14.8 Å². The monoisotopic (exact) mass is 313 g/mol. The molecule has 0 amide bonds. The van der Waals surface area contributed by atoms with Crippen LogP contribution in [-0.2, 0) is 9.59 Å². The Labute approximate surface area is 129 Å². The van der Waals surface area contributed by atoms with E-state index in [2.05, 4.69) is 26.1 Å². The SMILES string of the molecule is COc1ccccc1OCCNC(C)(C)C.O=C(O)C(=O)O. The van der Waals surface area contributed by atoms with E-state index in [1.807, 2.05) is 24.3 Å². The minimum atomic E-state index is -1.82. The molecular formula is C15H23NO6. The summed E-state index contributed by atoms with van der Waals surface area (Å²) in [5.74, 6) is -2.08. The van der Waals surface area contributed by atoms with Gasteiger partial charge in [-0.3, -0.25) is 0 Å². The quantitative estimate of drug-likeness (QED) is 0.560. The number of hydrogen-bond donors (Lipinski definition) is 3. The third kappa shape index (κ3) is 9.60. The average Bonchev–Trinajstić information content (AvgIpc) is 2.43. The van der Waals surface area contributed by atoms with Crippen molar-refractivity contribution in [3.63, 3.8) is 0 Å². The zero-order valence-electron chi connectivity index (χ0n) is 13.3. The number of para-hydroxylation sites is 2. The summed E-state index contributed by atoms with van der Waals surface area (Å²) in [6, 6.07) is 7.68. The predicted octanol–water partition coefficient (Wildman–Crippen LogP) is 1.62. The average molecular weight is 313 g/mol. The van der Waals surface area contributed by atoms with E-state index in [0.717, 1.165) is 18.0 Å². The lowest BCUT2D eigenvalue weighted by Crippen LogP contribution is -2.38. The first-order valence-electron chi connectivity index (χ1n) is 6.64. The molecule has 1 rings (SSSR count). The van der Waals surface area contributed by atoms with Crippen LogP contribution in [0.5, 0.6) is 11.5 Å². The molecule has 0 aliphatic heterocycles. The maximum Gasteiger partial charge on any atom is 0.414 e. The number of hydrogen-bond acceptors (Lipinski definition) is 5. The number of carboxylic acid groups (broad SMARTS) is 2. The van der Waals surface area contributed by atoms with Crippen LogP contribution in [0.3, 0.4) is 0 Å². The zero-order valence-corrected chi connectivity index (χ0v) is 13.3. The molecule has 0 heterocycles. The number of rotatable bonds is 5. The second-order valence-corrected chi connectivity index (χ2v) is 5.29. The van der Waals surface area contributed by atoms with Crippen LogP contribution in [0.15, 0.2) is 24.3 Å². The van der Waals surface area contributed by atoms with Crippen LogP contribution >= 0.6 is 0 Å². The summed E-state index contributed by atoms with van der Waals surface area (Å²) < 4.78 is 10.8. The molecule has 7 nitrogen and oxygen atoms in total. The van der Waals surface area contributed by atoms with Crippen molar-refractivity contribution < 1.29 is 29.3 Å². The second kappa shape index (κ2) is 9.62.